The van der Waals surface area contributed by atoms with E-state index in [9.17, 15) is 0 Å². The molecule has 0 bridgehead atoms. The third-order valence-corrected chi connectivity index (χ3v) is 3.71. The number of nitrogens with two attached hydrogens (primary N) is 1. The van der Waals surface area contributed by atoms with E-state index in [2.05, 4.69) is 20.2 Å². The maximum atomic E-state index is 5.96. The van der Waals surface area contributed by atoms with Gasteiger partial charge < -0.3 is 5.73 Å². The molecular weight excluding hydrogens is 294 g/mol. The zero-order valence-electron chi connectivity index (χ0n) is 10.5. The van der Waals surface area contributed by atoms with Crippen LogP contribution in [0, 0.1) is 0 Å². The molecule has 0 unspecified atom stereocenters. The molecule has 3 aromatic rings. The van der Waals surface area contributed by atoms with Crippen molar-refractivity contribution in [3.8, 4) is 0 Å². The first-order chi connectivity index (χ1) is 9.69. The number of hydrogen-bond acceptors (Lipinski definition) is 5. The second-order valence-electron chi connectivity index (χ2n) is 4.36. The molecule has 0 aliphatic rings. The molecule has 3 N–H and O–H groups in total. The topological polar surface area (TPSA) is 80.5 Å². The first-order valence-corrected chi connectivity index (χ1v) is 7.29. The Hall–Kier alpha value is -1.92. The van der Waals surface area contributed by atoms with Crippen molar-refractivity contribution in [1.82, 2.24) is 20.2 Å². The van der Waals surface area contributed by atoms with E-state index in [1.54, 1.807) is 0 Å². The highest BCUT2D eigenvalue weighted by Gasteiger charge is 2.07. The summed E-state index contributed by atoms with van der Waals surface area (Å²) in [6.07, 6.45) is 1.26. The van der Waals surface area contributed by atoms with Gasteiger partial charge in [-0.2, -0.15) is 5.10 Å². The van der Waals surface area contributed by atoms with Gasteiger partial charge in [-0.15, -0.1) is 11.3 Å². The van der Waals surface area contributed by atoms with Gasteiger partial charge in [0.05, 0.1) is 12.1 Å². The van der Waals surface area contributed by atoms with Crippen molar-refractivity contribution >= 4 is 28.1 Å². The molecule has 0 aliphatic heterocycles. The van der Waals surface area contributed by atoms with Crippen LogP contribution in [0.4, 0.5) is 5.13 Å². The Morgan fingerprint density at radius 1 is 1.25 bits per heavy atom. The lowest BCUT2D eigenvalue weighted by Crippen LogP contribution is -1.93. The van der Waals surface area contributed by atoms with Gasteiger partial charge in [-0.25, -0.2) is 9.97 Å². The van der Waals surface area contributed by atoms with Crippen molar-refractivity contribution in [2.45, 2.75) is 12.8 Å². The first kappa shape index (κ1) is 13.1. The minimum atomic E-state index is 0.565. The van der Waals surface area contributed by atoms with Crippen LogP contribution in [0.25, 0.3) is 0 Å². The van der Waals surface area contributed by atoms with Crippen LogP contribution in [-0.4, -0.2) is 20.2 Å². The minimum absolute atomic E-state index is 0.565. The number of nitrogens with one attached hydrogen (secondary N) is 1. The number of anilines is 1. The van der Waals surface area contributed by atoms with Crippen LogP contribution in [0.3, 0.4) is 0 Å². The van der Waals surface area contributed by atoms with E-state index in [1.165, 1.54) is 11.3 Å². The largest absolute Gasteiger partial charge is 0.375 e. The molecule has 0 amide bonds. The fourth-order valence-electron chi connectivity index (χ4n) is 1.90. The molecule has 5 nitrogen and oxygen atoms in total. The summed E-state index contributed by atoms with van der Waals surface area (Å²) in [4.78, 5) is 8.65. The maximum Gasteiger partial charge on any atom is 0.180 e. The maximum absolute atomic E-state index is 5.96. The van der Waals surface area contributed by atoms with Crippen LogP contribution in [-0.2, 0) is 12.8 Å². The standard InChI is InChI=1S/C13H12ClN5S/c14-9-3-1-2-8(4-9)5-11-17-12(19-18-11)6-10-7-20-13(15)16-10/h1-4,7H,5-6H2,(H2,15,16)(H,17,18,19). The van der Waals surface area contributed by atoms with Gasteiger partial charge in [0, 0.05) is 16.8 Å². The second kappa shape index (κ2) is 5.60. The molecule has 0 radical (unpaired) electrons. The molecule has 0 saturated heterocycles. The van der Waals surface area contributed by atoms with Gasteiger partial charge in [0.25, 0.3) is 0 Å². The normalized spacial score (nSPS) is 10.8. The predicted molar refractivity (Wildman–Crippen MR) is 80.0 cm³/mol. The number of hydrogen-bond donors (Lipinski definition) is 2. The minimum Gasteiger partial charge on any atom is -0.375 e. The fourth-order valence-corrected chi connectivity index (χ4v) is 2.67. The summed E-state index contributed by atoms with van der Waals surface area (Å²) in [5.41, 5.74) is 7.59. The number of nitrogens with zero attached hydrogens (tertiary/aromatic N) is 3. The lowest BCUT2D eigenvalue weighted by atomic mass is 10.1. The lowest BCUT2D eigenvalue weighted by Gasteiger charge is -1.97. The summed E-state index contributed by atoms with van der Waals surface area (Å²) in [5, 5.41) is 10.3. The number of thiazole rings is 1. The van der Waals surface area contributed by atoms with E-state index >= 15 is 0 Å². The molecule has 0 aliphatic carbocycles. The molecule has 0 fully saturated rings. The molecule has 0 atom stereocenters. The number of aromatic amines is 1. The Kier molecular flexibility index (Phi) is 3.66. The van der Waals surface area contributed by atoms with Gasteiger partial charge in [-0.1, -0.05) is 23.7 Å². The number of aromatic nitrogens is 4. The van der Waals surface area contributed by atoms with Crippen molar-refractivity contribution in [2.75, 3.05) is 5.73 Å². The average Bonchev–Trinajstić information content (AvgIpc) is 3.00. The van der Waals surface area contributed by atoms with Crippen molar-refractivity contribution in [3.63, 3.8) is 0 Å². The fraction of sp³-hybridized carbons (Fsp3) is 0.154. The second-order valence-corrected chi connectivity index (χ2v) is 5.69. The van der Waals surface area contributed by atoms with Gasteiger partial charge in [-0.3, -0.25) is 5.10 Å². The molecular formula is C13H12ClN5S. The molecule has 7 heteroatoms. The molecule has 1 aromatic carbocycles. The summed E-state index contributed by atoms with van der Waals surface area (Å²) < 4.78 is 0. The Bertz CT molecular complexity index is 721. The van der Waals surface area contributed by atoms with E-state index < -0.39 is 0 Å². The highest BCUT2D eigenvalue weighted by molar-refractivity contribution is 7.13. The van der Waals surface area contributed by atoms with Crippen molar-refractivity contribution < 1.29 is 0 Å². The Labute approximate surface area is 124 Å². The van der Waals surface area contributed by atoms with Gasteiger partial charge in [0.15, 0.2) is 11.0 Å². The zero-order valence-corrected chi connectivity index (χ0v) is 12.1. The Morgan fingerprint density at radius 3 is 2.90 bits per heavy atom. The lowest BCUT2D eigenvalue weighted by molar-refractivity contribution is 0.946. The Balaban J connectivity index is 1.70. The Morgan fingerprint density at radius 2 is 2.15 bits per heavy atom. The van der Waals surface area contributed by atoms with E-state index in [0.717, 1.165) is 22.1 Å². The molecule has 3 rings (SSSR count). The molecule has 20 heavy (non-hydrogen) atoms. The van der Waals surface area contributed by atoms with Crippen LogP contribution < -0.4 is 5.73 Å². The molecule has 0 saturated carbocycles. The van der Waals surface area contributed by atoms with Crippen LogP contribution in [0.5, 0.6) is 0 Å². The summed E-state index contributed by atoms with van der Waals surface area (Å²) in [7, 11) is 0. The predicted octanol–water partition coefficient (Wildman–Crippen LogP) is 2.68. The highest BCUT2D eigenvalue weighted by Crippen LogP contribution is 2.15. The summed E-state index contributed by atoms with van der Waals surface area (Å²) in [6, 6.07) is 7.70. The van der Waals surface area contributed by atoms with Gasteiger partial charge in [0.2, 0.25) is 0 Å². The monoisotopic (exact) mass is 305 g/mol. The molecule has 0 spiro atoms. The summed E-state index contributed by atoms with van der Waals surface area (Å²) in [5.74, 6) is 1.53. The van der Waals surface area contributed by atoms with Gasteiger partial charge >= 0.3 is 0 Å². The number of halogens is 1. The number of H-pyrrole nitrogens is 1. The van der Waals surface area contributed by atoms with Crippen molar-refractivity contribution in [1.29, 1.82) is 0 Å². The van der Waals surface area contributed by atoms with E-state index in [0.29, 0.717) is 23.8 Å². The summed E-state index contributed by atoms with van der Waals surface area (Å²) >= 11 is 7.38. The van der Waals surface area contributed by atoms with E-state index in [1.807, 2.05) is 29.6 Å². The zero-order chi connectivity index (χ0) is 13.9. The van der Waals surface area contributed by atoms with Gasteiger partial charge in [-0.05, 0) is 17.7 Å². The molecule has 2 heterocycles. The van der Waals surface area contributed by atoms with E-state index in [-0.39, 0.29) is 0 Å². The van der Waals surface area contributed by atoms with Crippen LogP contribution in [0.1, 0.15) is 22.9 Å². The first-order valence-electron chi connectivity index (χ1n) is 6.03. The SMILES string of the molecule is Nc1nc(Cc2n[nH]c(Cc3cccc(Cl)c3)n2)cs1. The number of rotatable bonds is 4. The van der Waals surface area contributed by atoms with E-state index in [4.69, 9.17) is 17.3 Å². The smallest absolute Gasteiger partial charge is 0.180 e. The summed E-state index contributed by atoms with van der Waals surface area (Å²) in [6.45, 7) is 0. The third-order valence-electron chi connectivity index (χ3n) is 2.75. The molecule has 2 aromatic heterocycles. The van der Waals surface area contributed by atoms with Crippen molar-refractivity contribution in [3.05, 3.63) is 57.6 Å². The highest BCUT2D eigenvalue weighted by atomic mass is 35.5. The number of benzene rings is 1. The molecule has 102 valence electrons. The third kappa shape index (κ3) is 3.15. The quantitative estimate of drug-likeness (QED) is 0.776. The van der Waals surface area contributed by atoms with Gasteiger partial charge in [0.1, 0.15) is 5.82 Å². The number of nitrogen functional groups attached to an aromatic ring is 1. The average molecular weight is 306 g/mol. The van der Waals surface area contributed by atoms with Crippen LogP contribution in [0.2, 0.25) is 5.02 Å². The van der Waals surface area contributed by atoms with Crippen LogP contribution in [0.15, 0.2) is 29.6 Å². The van der Waals surface area contributed by atoms with Crippen LogP contribution >= 0.6 is 22.9 Å². The van der Waals surface area contributed by atoms with Crippen molar-refractivity contribution in [2.24, 2.45) is 0 Å².